The number of hydrogen-bond donors (Lipinski definition) is 1. The van der Waals surface area contributed by atoms with E-state index in [1.807, 2.05) is 24.3 Å². The van der Waals surface area contributed by atoms with Gasteiger partial charge in [0.1, 0.15) is 16.3 Å². The lowest BCUT2D eigenvalue weighted by molar-refractivity contribution is -0.138. The van der Waals surface area contributed by atoms with Gasteiger partial charge in [-0.25, -0.2) is 9.79 Å². The van der Waals surface area contributed by atoms with E-state index in [4.69, 9.17) is 14.5 Å². The molecule has 0 aliphatic carbocycles. The van der Waals surface area contributed by atoms with Crippen molar-refractivity contribution in [3.05, 3.63) is 84.9 Å². The second-order valence-electron chi connectivity index (χ2n) is 7.75. The van der Waals surface area contributed by atoms with Crippen LogP contribution in [0.15, 0.2) is 63.9 Å². The zero-order valence-corrected chi connectivity index (χ0v) is 19.6. The average Bonchev–Trinajstić information content (AvgIpc) is 3.34. The van der Waals surface area contributed by atoms with Gasteiger partial charge in [-0.1, -0.05) is 41.7 Å². The maximum absolute atomic E-state index is 13.5. The van der Waals surface area contributed by atoms with Gasteiger partial charge in [0, 0.05) is 16.9 Å². The van der Waals surface area contributed by atoms with Gasteiger partial charge < -0.3 is 14.8 Å². The summed E-state index contributed by atoms with van der Waals surface area (Å²) >= 11 is 1.14. The van der Waals surface area contributed by atoms with Crippen LogP contribution in [0.1, 0.15) is 31.0 Å². The first-order valence-electron chi connectivity index (χ1n) is 10.7. The smallest absolute Gasteiger partial charge is 0.338 e. The Morgan fingerprint density at radius 3 is 2.59 bits per heavy atom. The molecule has 3 aromatic rings. The fourth-order valence-electron chi connectivity index (χ4n) is 4.24. The molecule has 1 aromatic heterocycles. The van der Waals surface area contributed by atoms with Crippen molar-refractivity contribution in [2.75, 3.05) is 19.0 Å². The van der Waals surface area contributed by atoms with Gasteiger partial charge >= 0.3 is 5.97 Å². The van der Waals surface area contributed by atoms with Crippen molar-refractivity contribution in [3.63, 3.8) is 0 Å². The van der Waals surface area contributed by atoms with E-state index in [-0.39, 0.29) is 22.6 Å². The van der Waals surface area contributed by atoms with Crippen LogP contribution in [0.2, 0.25) is 0 Å². The Morgan fingerprint density at radius 1 is 1.15 bits per heavy atom. The molecule has 1 N–H and O–H groups in total. The molecule has 1 atom stereocenters. The molecule has 1 amide bonds. The van der Waals surface area contributed by atoms with Gasteiger partial charge in [-0.15, -0.1) is 0 Å². The Hall–Kier alpha value is -3.98. The van der Waals surface area contributed by atoms with Crippen LogP contribution >= 0.6 is 11.3 Å². The number of esters is 1. The van der Waals surface area contributed by atoms with E-state index >= 15 is 0 Å². The number of rotatable bonds is 4. The van der Waals surface area contributed by atoms with E-state index in [1.54, 1.807) is 45.2 Å². The molecule has 2 aliphatic rings. The predicted molar refractivity (Wildman–Crippen MR) is 128 cm³/mol. The molecular formula is C25H21N3O5S. The van der Waals surface area contributed by atoms with Crippen molar-refractivity contribution in [1.82, 2.24) is 4.57 Å². The van der Waals surface area contributed by atoms with Crippen LogP contribution in [-0.4, -0.2) is 30.2 Å². The highest BCUT2D eigenvalue weighted by Gasteiger charge is 2.33. The third-order valence-electron chi connectivity index (χ3n) is 5.85. The van der Waals surface area contributed by atoms with E-state index in [1.165, 1.54) is 4.57 Å². The number of fused-ring (bicyclic) bond motifs is 2. The Kier molecular flexibility index (Phi) is 5.41. The summed E-state index contributed by atoms with van der Waals surface area (Å²) in [4.78, 5) is 44.5. The molecule has 0 saturated carbocycles. The molecule has 0 fully saturated rings. The Labute approximate surface area is 198 Å². The number of methoxy groups -OCH3 is 1. The molecule has 5 rings (SSSR count). The van der Waals surface area contributed by atoms with Gasteiger partial charge in [-0.2, -0.15) is 0 Å². The molecule has 3 heterocycles. The molecule has 0 bridgehead atoms. The van der Waals surface area contributed by atoms with Crippen molar-refractivity contribution in [2.24, 2.45) is 4.99 Å². The number of anilines is 1. The molecular weight excluding hydrogens is 454 g/mol. The van der Waals surface area contributed by atoms with E-state index < -0.39 is 17.6 Å². The number of carbonyl (C=O) groups is 2. The second-order valence-corrected chi connectivity index (χ2v) is 8.73. The van der Waals surface area contributed by atoms with Crippen LogP contribution in [0.5, 0.6) is 5.75 Å². The fourth-order valence-corrected chi connectivity index (χ4v) is 5.37. The fraction of sp³-hybridized carbons (Fsp3) is 0.200. The maximum atomic E-state index is 13.5. The van der Waals surface area contributed by atoms with E-state index in [0.717, 1.165) is 16.9 Å². The molecule has 0 saturated heterocycles. The molecule has 2 aliphatic heterocycles. The second kappa shape index (κ2) is 8.42. The third kappa shape index (κ3) is 3.36. The monoisotopic (exact) mass is 475 g/mol. The molecule has 0 unspecified atom stereocenters. The zero-order valence-electron chi connectivity index (χ0n) is 18.7. The molecule has 34 heavy (non-hydrogen) atoms. The summed E-state index contributed by atoms with van der Waals surface area (Å²) in [5.41, 5.74) is 2.73. The van der Waals surface area contributed by atoms with E-state index in [2.05, 4.69) is 5.32 Å². The molecule has 172 valence electrons. The number of nitrogens with zero attached hydrogens (tertiary/aromatic N) is 2. The van der Waals surface area contributed by atoms with Gasteiger partial charge in [0.25, 0.3) is 11.5 Å². The lowest BCUT2D eigenvalue weighted by Crippen LogP contribution is -2.36. The van der Waals surface area contributed by atoms with Gasteiger partial charge in [-0.3, -0.25) is 14.2 Å². The number of hydrogen-bond acceptors (Lipinski definition) is 7. The Bertz CT molecular complexity index is 1550. The lowest BCUT2D eigenvalue weighted by atomic mass is 9.96. The summed E-state index contributed by atoms with van der Waals surface area (Å²) in [5, 5.41) is 2.81. The number of amides is 1. The van der Waals surface area contributed by atoms with Crippen LogP contribution < -0.4 is 24.9 Å². The summed E-state index contributed by atoms with van der Waals surface area (Å²) in [6.45, 7) is 3.62. The van der Waals surface area contributed by atoms with Crippen LogP contribution in [0.25, 0.3) is 11.3 Å². The van der Waals surface area contributed by atoms with Crippen molar-refractivity contribution >= 4 is 40.2 Å². The molecule has 0 radical (unpaired) electrons. The number of allylic oxidation sites excluding steroid dienone is 1. The van der Waals surface area contributed by atoms with Crippen molar-refractivity contribution in [2.45, 2.75) is 19.9 Å². The number of ether oxygens (including phenoxy) is 2. The first-order chi connectivity index (χ1) is 16.4. The largest absolute Gasteiger partial charge is 0.497 e. The Balaban J connectivity index is 1.79. The zero-order chi connectivity index (χ0) is 24.0. The summed E-state index contributed by atoms with van der Waals surface area (Å²) in [6, 6.07) is 13.8. The number of nitrogens with one attached hydrogen (secondary N) is 1. The first-order valence-corrected chi connectivity index (χ1v) is 11.5. The molecule has 2 aromatic carbocycles. The predicted octanol–water partition coefficient (Wildman–Crippen LogP) is 2.24. The summed E-state index contributed by atoms with van der Waals surface area (Å²) < 4.78 is 12.2. The minimum absolute atomic E-state index is 0.191. The van der Waals surface area contributed by atoms with Crippen LogP contribution in [0.4, 0.5) is 5.69 Å². The minimum atomic E-state index is -0.662. The highest BCUT2D eigenvalue weighted by molar-refractivity contribution is 7.07. The van der Waals surface area contributed by atoms with Crippen molar-refractivity contribution in [1.29, 1.82) is 0 Å². The van der Waals surface area contributed by atoms with Gasteiger partial charge in [-0.05, 0) is 37.6 Å². The van der Waals surface area contributed by atoms with E-state index in [0.29, 0.717) is 33.1 Å². The number of para-hydroxylation sites is 1. The number of carbonyl (C=O) groups excluding carboxylic acids is 2. The van der Waals surface area contributed by atoms with Gasteiger partial charge in [0.2, 0.25) is 0 Å². The van der Waals surface area contributed by atoms with Gasteiger partial charge in [0.15, 0.2) is 4.80 Å². The number of thiazole rings is 1. The van der Waals surface area contributed by atoms with Crippen LogP contribution in [-0.2, 0) is 14.3 Å². The Morgan fingerprint density at radius 2 is 1.88 bits per heavy atom. The number of aromatic nitrogens is 1. The van der Waals surface area contributed by atoms with Crippen molar-refractivity contribution in [3.8, 4) is 5.75 Å². The lowest BCUT2D eigenvalue weighted by Gasteiger charge is -2.22. The normalized spacial score (nSPS) is 18.1. The standard InChI is InChI=1S/C25H21N3O5S/c1-4-33-24(31)18-13(2)28-23(30)21(19-16-7-5-6-8-17(16)26-22(19)29)34-25(28)27-20(18)14-9-11-15(32-3)12-10-14/h5-12,20H,4H2,1-3H3,(H,26,29)/b21-19-/t20-/m0/s1. The molecule has 8 nitrogen and oxygen atoms in total. The highest BCUT2D eigenvalue weighted by atomic mass is 32.1. The minimum Gasteiger partial charge on any atom is -0.497 e. The van der Waals surface area contributed by atoms with Crippen molar-refractivity contribution < 1.29 is 19.1 Å². The highest BCUT2D eigenvalue weighted by Crippen LogP contribution is 2.33. The third-order valence-corrected chi connectivity index (χ3v) is 6.90. The quantitative estimate of drug-likeness (QED) is 0.584. The SMILES string of the molecule is CCOC(=O)C1=C(C)n2c(s/c(=C3\C(=O)Nc4ccccc43)c2=O)=N[C@H]1c1ccc(OC)cc1. The number of benzene rings is 2. The summed E-state index contributed by atoms with van der Waals surface area (Å²) in [6.07, 6.45) is 0. The average molecular weight is 476 g/mol. The van der Waals surface area contributed by atoms with Crippen LogP contribution in [0, 0.1) is 0 Å². The molecule has 9 heteroatoms. The van der Waals surface area contributed by atoms with Gasteiger partial charge in [0.05, 0.1) is 24.9 Å². The summed E-state index contributed by atoms with van der Waals surface area (Å²) in [5.74, 6) is -0.196. The summed E-state index contributed by atoms with van der Waals surface area (Å²) in [7, 11) is 1.58. The molecule has 0 spiro atoms. The maximum Gasteiger partial charge on any atom is 0.338 e. The van der Waals surface area contributed by atoms with Crippen LogP contribution in [0.3, 0.4) is 0 Å². The first kappa shape index (κ1) is 21.8. The van der Waals surface area contributed by atoms with E-state index in [9.17, 15) is 14.4 Å². The topological polar surface area (TPSA) is 99.0 Å².